The lowest BCUT2D eigenvalue weighted by molar-refractivity contribution is -0.144. The molecule has 1 aromatic carbocycles. The standard InChI is InChI=1S/C20H28N2O3/c1-6-10-17-18(23)21(14-16-11-8-7-9-12-16)13-15(2)22(17)19(24)25-20(3,4)5/h6-9,11-12,15,17H,1,10,13-14H2,2-5H3/t15-,17-/m0/s1. The first-order valence-corrected chi connectivity index (χ1v) is 8.68. The number of nitrogens with zero attached hydrogens (tertiary/aromatic N) is 2. The highest BCUT2D eigenvalue weighted by Gasteiger charge is 2.42. The third kappa shape index (κ3) is 4.84. The zero-order valence-electron chi connectivity index (χ0n) is 15.6. The van der Waals surface area contributed by atoms with E-state index in [2.05, 4.69) is 6.58 Å². The number of benzene rings is 1. The van der Waals surface area contributed by atoms with E-state index >= 15 is 0 Å². The fourth-order valence-electron chi connectivity index (χ4n) is 3.07. The topological polar surface area (TPSA) is 49.9 Å². The molecule has 1 aromatic rings. The lowest BCUT2D eigenvalue weighted by Gasteiger charge is -2.44. The molecule has 5 nitrogen and oxygen atoms in total. The van der Waals surface area contributed by atoms with Crippen molar-refractivity contribution in [1.82, 2.24) is 9.80 Å². The van der Waals surface area contributed by atoms with Crippen LogP contribution in [0.15, 0.2) is 43.0 Å². The van der Waals surface area contributed by atoms with Gasteiger partial charge in [-0.05, 0) is 39.7 Å². The Morgan fingerprint density at radius 1 is 1.32 bits per heavy atom. The van der Waals surface area contributed by atoms with Gasteiger partial charge in [-0.2, -0.15) is 0 Å². The lowest BCUT2D eigenvalue weighted by atomic mass is 10.0. The summed E-state index contributed by atoms with van der Waals surface area (Å²) in [4.78, 5) is 29.0. The Hall–Kier alpha value is -2.30. The zero-order valence-corrected chi connectivity index (χ0v) is 15.6. The van der Waals surface area contributed by atoms with Crippen LogP contribution in [-0.4, -0.2) is 46.0 Å². The van der Waals surface area contributed by atoms with Crippen LogP contribution in [0.4, 0.5) is 4.79 Å². The number of rotatable bonds is 4. The van der Waals surface area contributed by atoms with Crippen molar-refractivity contribution in [3.63, 3.8) is 0 Å². The summed E-state index contributed by atoms with van der Waals surface area (Å²) in [5, 5.41) is 0. The van der Waals surface area contributed by atoms with E-state index in [1.807, 2.05) is 62.9 Å². The summed E-state index contributed by atoms with van der Waals surface area (Å²) in [5.74, 6) is -0.0623. The van der Waals surface area contributed by atoms with Gasteiger partial charge in [0.25, 0.3) is 0 Å². The van der Waals surface area contributed by atoms with Crippen LogP contribution in [0.2, 0.25) is 0 Å². The minimum absolute atomic E-state index is 0.0623. The van der Waals surface area contributed by atoms with E-state index in [1.165, 1.54) is 0 Å². The zero-order chi connectivity index (χ0) is 18.6. The van der Waals surface area contributed by atoms with Crippen molar-refractivity contribution < 1.29 is 14.3 Å². The molecule has 1 aliphatic heterocycles. The van der Waals surface area contributed by atoms with Gasteiger partial charge in [0, 0.05) is 13.1 Å². The monoisotopic (exact) mass is 344 g/mol. The van der Waals surface area contributed by atoms with Crippen molar-refractivity contribution in [3.8, 4) is 0 Å². The van der Waals surface area contributed by atoms with Gasteiger partial charge in [0.2, 0.25) is 5.91 Å². The Kier molecular flexibility index (Phi) is 5.88. The number of carbonyl (C=O) groups excluding carboxylic acids is 2. The molecule has 2 atom stereocenters. The molecule has 0 unspecified atom stereocenters. The normalized spacial score (nSPS) is 21.2. The average Bonchev–Trinajstić information content (AvgIpc) is 2.51. The van der Waals surface area contributed by atoms with Crippen LogP contribution in [0.3, 0.4) is 0 Å². The largest absolute Gasteiger partial charge is 0.444 e. The van der Waals surface area contributed by atoms with Gasteiger partial charge < -0.3 is 9.64 Å². The van der Waals surface area contributed by atoms with Crippen molar-refractivity contribution in [1.29, 1.82) is 0 Å². The maximum atomic E-state index is 13.0. The first-order chi connectivity index (χ1) is 11.7. The first-order valence-electron chi connectivity index (χ1n) is 8.68. The molecule has 0 aliphatic carbocycles. The predicted molar refractivity (Wildman–Crippen MR) is 98.0 cm³/mol. The van der Waals surface area contributed by atoms with E-state index in [9.17, 15) is 9.59 Å². The molecule has 1 fully saturated rings. The maximum absolute atomic E-state index is 13.0. The third-order valence-electron chi connectivity index (χ3n) is 4.10. The highest BCUT2D eigenvalue weighted by molar-refractivity contribution is 5.87. The number of carbonyl (C=O) groups is 2. The van der Waals surface area contributed by atoms with Gasteiger partial charge in [-0.1, -0.05) is 36.4 Å². The highest BCUT2D eigenvalue weighted by Crippen LogP contribution is 2.24. The molecule has 0 bridgehead atoms. The summed E-state index contributed by atoms with van der Waals surface area (Å²) < 4.78 is 5.51. The molecule has 1 aliphatic rings. The molecule has 1 saturated heterocycles. The van der Waals surface area contributed by atoms with Crippen molar-refractivity contribution in [2.45, 2.75) is 58.3 Å². The molecule has 0 radical (unpaired) electrons. The fourth-order valence-corrected chi connectivity index (χ4v) is 3.07. The third-order valence-corrected chi connectivity index (χ3v) is 4.10. The molecule has 136 valence electrons. The van der Waals surface area contributed by atoms with Crippen molar-refractivity contribution in [3.05, 3.63) is 48.6 Å². The van der Waals surface area contributed by atoms with Crippen LogP contribution >= 0.6 is 0 Å². The molecule has 0 N–H and O–H groups in total. The summed E-state index contributed by atoms with van der Waals surface area (Å²) in [7, 11) is 0. The Bertz CT molecular complexity index is 622. The summed E-state index contributed by atoms with van der Waals surface area (Å²) in [6.07, 6.45) is 1.64. The molecule has 2 amide bonds. The van der Waals surface area contributed by atoms with E-state index in [1.54, 1.807) is 11.0 Å². The highest BCUT2D eigenvalue weighted by atomic mass is 16.6. The van der Waals surface area contributed by atoms with Crippen LogP contribution in [-0.2, 0) is 16.1 Å². The molecular formula is C20H28N2O3. The maximum Gasteiger partial charge on any atom is 0.411 e. The number of amides is 2. The van der Waals surface area contributed by atoms with Crippen LogP contribution in [0.25, 0.3) is 0 Å². The van der Waals surface area contributed by atoms with E-state index in [4.69, 9.17) is 4.74 Å². The minimum atomic E-state index is -0.597. The quantitative estimate of drug-likeness (QED) is 0.784. The van der Waals surface area contributed by atoms with Gasteiger partial charge in [0.15, 0.2) is 0 Å². The second kappa shape index (κ2) is 7.72. The number of hydrogen-bond donors (Lipinski definition) is 0. The molecule has 0 spiro atoms. The molecule has 0 aromatic heterocycles. The molecule has 2 rings (SSSR count). The van der Waals surface area contributed by atoms with Crippen LogP contribution in [0.5, 0.6) is 0 Å². The second-order valence-electron chi connectivity index (χ2n) is 7.48. The number of hydrogen-bond acceptors (Lipinski definition) is 3. The van der Waals surface area contributed by atoms with Gasteiger partial charge in [-0.25, -0.2) is 4.79 Å². The van der Waals surface area contributed by atoms with Gasteiger partial charge in [-0.15, -0.1) is 6.58 Å². The summed E-state index contributed by atoms with van der Waals surface area (Å²) >= 11 is 0. The molecule has 1 heterocycles. The van der Waals surface area contributed by atoms with E-state index in [-0.39, 0.29) is 11.9 Å². The Morgan fingerprint density at radius 3 is 2.52 bits per heavy atom. The first kappa shape index (κ1) is 19.0. The Labute approximate surface area is 150 Å². The minimum Gasteiger partial charge on any atom is -0.444 e. The number of ether oxygens (including phenoxy) is 1. The fraction of sp³-hybridized carbons (Fsp3) is 0.500. The van der Waals surface area contributed by atoms with Crippen LogP contribution in [0, 0.1) is 0 Å². The van der Waals surface area contributed by atoms with E-state index in [0.717, 1.165) is 5.56 Å². The van der Waals surface area contributed by atoms with Gasteiger partial charge in [0.1, 0.15) is 11.6 Å². The van der Waals surface area contributed by atoms with Gasteiger partial charge >= 0.3 is 6.09 Å². The summed E-state index contributed by atoms with van der Waals surface area (Å²) in [5.41, 5.74) is 0.478. The second-order valence-corrected chi connectivity index (χ2v) is 7.48. The van der Waals surface area contributed by atoms with Gasteiger partial charge in [-0.3, -0.25) is 9.69 Å². The SMILES string of the molecule is C=CC[C@H]1C(=O)N(Cc2ccccc2)C[C@H](C)N1C(=O)OC(C)(C)C. The van der Waals surface area contributed by atoms with Crippen molar-refractivity contribution >= 4 is 12.0 Å². The summed E-state index contributed by atoms with van der Waals surface area (Å²) in [6.45, 7) is 12.2. The molecule has 0 saturated carbocycles. The summed E-state index contributed by atoms with van der Waals surface area (Å²) in [6, 6.07) is 9.18. The Balaban J connectivity index is 2.20. The molecular weight excluding hydrogens is 316 g/mol. The predicted octanol–water partition coefficient (Wildman–Crippen LogP) is 3.60. The van der Waals surface area contributed by atoms with E-state index in [0.29, 0.717) is 19.5 Å². The molecule has 5 heteroatoms. The van der Waals surface area contributed by atoms with Crippen molar-refractivity contribution in [2.75, 3.05) is 6.54 Å². The van der Waals surface area contributed by atoms with E-state index < -0.39 is 17.7 Å². The molecule has 25 heavy (non-hydrogen) atoms. The van der Waals surface area contributed by atoms with Crippen LogP contribution < -0.4 is 0 Å². The average molecular weight is 344 g/mol. The Morgan fingerprint density at radius 2 is 1.96 bits per heavy atom. The van der Waals surface area contributed by atoms with Crippen molar-refractivity contribution in [2.24, 2.45) is 0 Å². The number of piperazine rings is 1. The van der Waals surface area contributed by atoms with Gasteiger partial charge in [0.05, 0.1) is 6.04 Å². The van der Waals surface area contributed by atoms with Crippen LogP contribution in [0.1, 0.15) is 39.7 Å². The smallest absolute Gasteiger partial charge is 0.411 e. The lowest BCUT2D eigenvalue weighted by Crippen LogP contribution is -2.62.